The molecule has 0 amide bonds. The van der Waals surface area contributed by atoms with E-state index in [4.69, 9.17) is 0 Å². The Balaban J connectivity index is 2.03. The summed E-state index contributed by atoms with van der Waals surface area (Å²) in [6.07, 6.45) is 0. The summed E-state index contributed by atoms with van der Waals surface area (Å²) in [4.78, 5) is 21.5. The zero-order valence-corrected chi connectivity index (χ0v) is 11.8. The Labute approximate surface area is 115 Å². The molecule has 1 aromatic carbocycles. The minimum Gasteiger partial charge on any atom is -0.378 e. The van der Waals surface area contributed by atoms with Crippen LogP contribution in [-0.2, 0) is 11.5 Å². The van der Waals surface area contributed by atoms with Gasteiger partial charge in [-0.1, -0.05) is 0 Å². The monoisotopic (exact) mass is 273 g/mol. The van der Waals surface area contributed by atoms with Crippen LogP contribution in [0.3, 0.4) is 0 Å². The Bertz CT molecular complexity index is 661. The molecule has 0 bridgehead atoms. The topological polar surface area (TPSA) is 49.0 Å². The molecule has 1 aliphatic heterocycles. The highest BCUT2D eigenvalue weighted by Gasteiger charge is 2.17. The molecule has 19 heavy (non-hydrogen) atoms. The lowest BCUT2D eigenvalue weighted by Gasteiger charge is -2.12. The molecule has 0 fully saturated rings. The van der Waals surface area contributed by atoms with Crippen molar-refractivity contribution in [3.63, 3.8) is 0 Å². The van der Waals surface area contributed by atoms with Gasteiger partial charge in [0.15, 0.2) is 0 Å². The molecule has 0 atom stereocenters. The van der Waals surface area contributed by atoms with Crippen LogP contribution in [-0.4, -0.2) is 24.1 Å². The lowest BCUT2D eigenvalue weighted by atomic mass is 10.1. The van der Waals surface area contributed by atoms with Crippen LogP contribution in [0.2, 0.25) is 0 Å². The zero-order valence-electron chi connectivity index (χ0n) is 10.9. The van der Waals surface area contributed by atoms with Crippen LogP contribution < -0.4 is 10.5 Å². The fourth-order valence-corrected chi connectivity index (χ4v) is 3.15. The van der Waals surface area contributed by atoms with Gasteiger partial charge in [0.2, 0.25) is 0 Å². The van der Waals surface area contributed by atoms with Crippen LogP contribution in [0.1, 0.15) is 11.3 Å². The molecule has 1 N–H and O–H groups in total. The summed E-state index contributed by atoms with van der Waals surface area (Å²) < 4.78 is 0. The van der Waals surface area contributed by atoms with Crippen molar-refractivity contribution in [2.45, 2.75) is 11.5 Å². The van der Waals surface area contributed by atoms with Crippen LogP contribution in [0.4, 0.5) is 5.69 Å². The van der Waals surface area contributed by atoms with Gasteiger partial charge in [-0.2, -0.15) is 11.8 Å². The molecule has 0 unspecified atom stereocenters. The summed E-state index contributed by atoms with van der Waals surface area (Å²) in [5.74, 6) is 2.27. The molecule has 1 aromatic heterocycles. The normalized spacial score (nSPS) is 13.4. The molecule has 1 aliphatic rings. The van der Waals surface area contributed by atoms with Crippen molar-refractivity contribution in [2.24, 2.45) is 0 Å². The molecule has 0 radical (unpaired) electrons. The first-order valence-electron chi connectivity index (χ1n) is 6.13. The summed E-state index contributed by atoms with van der Waals surface area (Å²) in [5.41, 5.74) is 3.84. The van der Waals surface area contributed by atoms with Crippen molar-refractivity contribution in [2.75, 3.05) is 19.0 Å². The van der Waals surface area contributed by atoms with E-state index >= 15 is 0 Å². The fourth-order valence-electron chi connectivity index (χ4n) is 2.12. The molecule has 0 aliphatic carbocycles. The second-order valence-electron chi connectivity index (χ2n) is 4.77. The third-order valence-electron chi connectivity index (χ3n) is 3.24. The summed E-state index contributed by atoms with van der Waals surface area (Å²) in [6.45, 7) is 0. The molecular formula is C14H15N3OS. The van der Waals surface area contributed by atoms with Gasteiger partial charge in [-0.3, -0.25) is 4.79 Å². The second-order valence-corrected chi connectivity index (χ2v) is 5.76. The lowest BCUT2D eigenvalue weighted by Crippen LogP contribution is -2.15. The van der Waals surface area contributed by atoms with E-state index in [0.717, 1.165) is 34.0 Å². The summed E-state index contributed by atoms with van der Waals surface area (Å²) in [6, 6.07) is 8.03. The van der Waals surface area contributed by atoms with E-state index in [-0.39, 0.29) is 5.56 Å². The van der Waals surface area contributed by atoms with E-state index < -0.39 is 0 Å². The van der Waals surface area contributed by atoms with Gasteiger partial charge in [-0.25, -0.2) is 4.98 Å². The average Bonchev–Trinajstić information content (AvgIpc) is 2.87. The number of nitrogens with zero attached hydrogens (tertiary/aromatic N) is 2. The molecule has 2 aromatic rings. The number of rotatable bonds is 2. The van der Waals surface area contributed by atoms with Gasteiger partial charge in [0.1, 0.15) is 5.82 Å². The first-order chi connectivity index (χ1) is 9.15. The van der Waals surface area contributed by atoms with E-state index in [9.17, 15) is 4.79 Å². The predicted octanol–water partition coefficient (Wildman–Crippen LogP) is 2.25. The van der Waals surface area contributed by atoms with Gasteiger partial charge < -0.3 is 9.88 Å². The highest BCUT2D eigenvalue weighted by Crippen LogP contribution is 2.27. The summed E-state index contributed by atoms with van der Waals surface area (Å²) >= 11 is 1.74. The molecular weight excluding hydrogens is 258 g/mol. The average molecular weight is 273 g/mol. The third-order valence-corrected chi connectivity index (χ3v) is 4.21. The number of nitrogens with one attached hydrogen (secondary N) is 1. The maximum atomic E-state index is 12.0. The number of fused-ring (bicyclic) bond motifs is 1. The molecule has 5 heteroatoms. The van der Waals surface area contributed by atoms with Gasteiger partial charge in [0.05, 0.1) is 5.69 Å². The molecule has 98 valence electrons. The second kappa shape index (κ2) is 4.74. The van der Waals surface area contributed by atoms with Gasteiger partial charge in [0.25, 0.3) is 5.56 Å². The Hall–Kier alpha value is -1.75. The fraction of sp³-hybridized carbons (Fsp3) is 0.286. The van der Waals surface area contributed by atoms with Gasteiger partial charge in [-0.15, -0.1) is 0 Å². The van der Waals surface area contributed by atoms with E-state index in [1.165, 1.54) is 0 Å². The van der Waals surface area contributed by atoms with Crippen molar-refractivity contribution < 1.29 is 0 Å². The van der Waals surface area contributed by atoms with E-state index in [0.29, 0.717) is 5.82 Å². The number of aromatic amines is 1. The first-order valence-corrected chi connectivity index (χ1v) is 7.28. The van der Waals surface area contributed by atoms with Crippen LogP contribution in [0.5, 0.6) is 0 Å². The number of H-pyrrole nitrogens is 1. The molecule has 3 rings (SSSR count). The molecule has 2 heterocycles. The third kappa shape index (κ3) is 2.26. The van der Waals surface area contributed by atoms with Crippen molar-refractivity contribution >= 4 is 17.4 Å². The standard InChI is InChI=1S/C14H15N3OS/c1-17(2)10-5-3-9(4-6-10)13-15-12-8-19-7-11(12)14(18)16-13/h3-6H,7-8H2,1-2H3,(H,15,16,18). The number of aromatic nitrogens is 2. The maximum Gasteiger partial charge on any atom is 0.255 e. The Kier molecular flexibility index (Phi) is 3.06. The number of hydrogen-bond acceptors (Lipinski definition) is 4. The highest BCUT2D eigenvalue weighted by atomic mass is 32.2. The highest BCUT2D eigenvalue weighted by molar-refractivity contribution is 7.98. The van der Waals surface area contributed by atoms with Crippen LogP contribution >= 0.6 is 11.8 Å². The minimum atomic E-state index is 0.00156. The van der Waals surface area contributed by atoms with Gasteiger partial charge in [0, 0.05) is 42.4 Å². The Morgan fingerprint density at radius 2 is 1.95 bits per heavy atom. The minimum absolute atomic E-state index is 0.00156. The molecule has 4 nitrogen and oxygen atoms in total. The van der Waals surface area contributed by atoms with E-state index in [2.05, 4.69) is 9.97 Å². The largest absolute Gasteiger partial charge is 0.378 e. The summed E-state index contributed by atoms with van der Waals surface area (Å²) in [7, 11) is 4.00. The smallest absolute Gasteiger partial charge is 0.255 e. The van der Waals surface area contributed by atoms with E-state index in [1.54, 1.807) is 11.8 Å². The molecule has 0 saturated carbocycles. The number of hydrogen-bond donors (Lipinski definition) is 1. The van der Waals surface area contributed by atoms with Crippen LogP contribution in [0.15, 0.2) is 29.1 Å². The Morgan fingerprint density at radius 1 is 1.21 bits per heavy atom. The van der Waals surface area contributed by atoms with Crippen LogP contribution in [0, 0.1) is 0 Å². The lowest BCUT2D eigenvalue weighted by molar-refractivity contribution is 1.03. The van der Waals surface area contributed by atoms with Gasteiger partial charge in [-0.05, 0) is 24.3 Å². The maximum absolute atomic E-state index is 12.0. The quantitative estimate of drug-likeness (QED) is 0.911. The van der Waals surface area contributed by atoms with Crippen molar-refractivity contribution in [3.05, 3.63) is 45.9 Å². The van der Waals surface area contributed by atoms with Crippen LogP contribution in [0.25, 0.3) is 11.4 Å². The first kappa shape index (κ1) is 12.3. The van der Waals surface area contributed by atoms with Crippen molar-refractivity contribution in [3.8, 4) is 11.4 Å². The van der Waals surface area contributed by atoms with Crippen molar-refractivity contribution in [1.29, 1.82) is 0 Å². The number of thioether (sulfide) groups is 1. The van der Waals surface area contributed by atoms with Crippen molar-refractivity contribution in [1.82, 2.24) is 9.97 Å². The molecule has 0 saturated heterocycles. The Morgan fingerprint density at radius 3 is 2.63 bits per heavy atom. The predicted molar refractivity (Wildman–Crippen MR) is 79.6 cm³/mol. The number of benzene rings is 1. The SMILES string of the molecule is CN(C)c1ccc(-c2nc3c(c(=O)[nH]2)CSC3)cc1. The summed E-state index contributed by atoms with van der Waals surface area (Å²) in [5, 5.41) is 0. The van der Waals surface area contributed by atoms with Gasteiger partial charge >= 0.3 is 0 Å². The number of anilines is 1. The molecule has 0 spiro atoms. The zero-order chi connectivity index (χ0) is 13.4. The van der Waals surface area contributed by atoms with E-state index in [1.807, 2.05) is 43.3 Å².